The van der Waals surface area contributed by atoms with E-state index in [0.717, 1.165) is 0 Å². The molecule has 0 atom stereocenters. The van der Waals surface area contributed by atoms with Gasteiger partial charge in [0.25, 0.3) is 0 Å². The van der Waals surface area contributed by atoms with Crippen molar-refractivity contribution in [3.8, 4) is 0 Å². The van der Waals surface area contributed by atoms with Crippen LogP contribution < -0.4 is 10.6 Å². The zero-order valence-electron chi connectivity index (χ0n) is 22.9. The summed E-state index contributed by atoms with van der Waals surface area (Å²) in [4.78, 5) is 0. The van der Waals surface area contributed by atoms with Crippen LogP contribution in [-0.2, 0) is 12.8 Å². The van der Waals surface area contributed by atoms with Crippen molar-refractivity contribution in [1.29, 1.82) is 0 Å². The molecule has 1 aromatic carbocycles. The van der Waals surface area contributed by atoms with Gasteiger partial charge >= 0.3 is 0 Å². The van der Waals surface area contributed by atoms with E-state index < -0.39 is 0 Å². The highest BCUT2D eigenvalue weighted by molar-refractivity contribution is 5.66. The van der Waals surface area contributed by atoms with Gasteiger partial charge in [-0.05, 0) is 68.6 Å². The molecule has 2 fully saturated rings. The summed E-state index contributed by atoms with van der Waals surface area (Å²) < 4.78 is 0. The molecule has 0 saturated heterocycles. The van der Waals surface area contributed by atoms with Gasteiger partial charge in [-0.1, -0.05) is 110 Å². The molecule has 0 spiro atoms. The molecule has 2 nitrogen and oxygen atoms in total. The Morgan fingerprint density at radius 2 is 0.941 bits per heavy atom. The second-order valence-corrected chi connectivity index (χ2v) is 11.5. The van der Waals surface area contributed by atoms with Crippen molar-refractivity contribution in [3.05, 3.63) is 23.3 Å². The van der Waals surface area contributed by atoms with E-state index in [-0.39, 0.29) is 0 Å². The molecule has 0 heterocycles. The molecule has 0 radical (unpaired) electrons. The molecule has 1 aromatic rings. The Morgan fingerprint density at radius 1 is 0.529 bits per heavy atom. The van der Waals surface area contributed by atoms with E-state index in [4.69, 9.17) is 0 Å². The number of unbranched alkanes of at least 4 members (excludes halogenated alkanes) is 8. The van der Waals surface area contributed by atoms with E-state index in [2.05, 4.69) is 36.6 Å². The van der Waals surface area contributed by atoms with E-state index >= 15 is 0 Å². The summed E-state index contributed by atoms with van der Waals surface area (Å²) in [5.41, 5.74) is 6.10. The van der Waals surface area contributed by atoms with Crippen LogP contribution in [0.1, 0.15) is 153 Å². The first-order valence-corrected chi connectivity index (χ1v) is 15.5. The largest absolute Gasteiger partial charge is 0.382 e. The molecule has 0 unspecified atom stereocenters. The fraction of sp³-hybridized carbons (Fsp3) is 0.812. The van der Waals surface area contributed by atoms with Crippen LogP contribution in [-0.4, -0.2) is 12.1 Å². The molecule has 0 bridgehead atoms. The molecule has 2 N–H and O–H groups in total. The fourth-order valence-electron chi connectivity index (χ4n) is 6.15. The van der Waals surface area contributed by atoms with Crippen LogP contribution in [0.15, 0.2) is 12.1 Å². The van der Waals surface area contributed by atoms with Gasteiger partial charge in [0.15, 0.2) is 0 Å². The Kier molecular flexibility index (Phi) is 13.3. The second-order valence-electron chi connectivity index (χ2n) is 11.5. The van der Waals surface area contributed by atoms with Crippen molar-refractivity contribution >= 4 is 11.4 Å². The maximum atomic E-state index is 4.05. The number of aryl methyl sites for hydroxylation is 2. The first kappa shape index (κ1) is 27.4. The van der Waals surface area contributed by atoms with Crippen molar-refractivity contribution in [2.45, 2.75) is 167 Å². The Morgan fingerprint density at radius 3 is 1.35 bits per heavy atom. The minimum absolute atomic E-state index is 0.676. The summed E-state index contributed by atoms with van der Waals surface area (Å²) in [6.45, 7) is 4.63. The lowest BCUT2D eigenvalue weighted by Crippen LogP contribution is -2.25. The van der Waals surface area contributed by atoms with E-state index in [1.807, 2.05) is 0 Å². The topological polar surface area (TPSA) is 24.1 Å². The number of nitrogens with one attached hydrogen (secondary N) is 2. The average Bonchev–Trinajstić information content (AvgIpc) is 2.87. The highest BCUT2D eigenvalue weighted by Crippen LogP contribution is 2.33. The maximum absolute atomic E-state index is 4.05. The second kappa shape index (κ2) is 16.5. The van der Waals surface area contributed by atoms with E-state index in [1.165, 1.54) is 153 Å². The molecule has 2 saturated carbocycles. The molecule has 2 aliphatic rings. The summed E-state index contributed by atoms with van der Waals surface area (Å²) in [7, 11) is 0. The van der Waals surface area contributed by atoms with Crippen LogP contribution in [0.4, 0.5) is 11.4 Å². The third kappa shape index (κ3) is 9.82. The Bertz CT molecular complexity index is 602. The lowest BCUT2D eigenvalue weighted by molar-refractivity contribution is 0.461. The zero-order chi connectivity index (χ0) is 23.8. The molecule has 0 amide bonds. The number of hydrogen-bond acceptors (Lipinski definition) is 2. The Balaban J connectivity index is 1.76. The van der Waals surface area contributed by atoms with Crippen LogP contribution in [0.2, 0.25) is 0 Å². The molecular weight excluding hydrogens is 412 g/mol. The van der Waals surface area contributed by atoms with Gasteiger partial charge in [-0.25, -0.2) is 0 Å². The fourth-order valence-corrected chi connectivity index (χ4v) is 6.15. The van der Waals surface area contributed by atoms with E-state index in [1.54, 1.807) is 11.1 Å². The highest BCUT2D eigenvalue weighted by atomic mass is 15.0. The van der Waals surface area contributed by atoms with E-state index in [9.17, 15) is 0 Å². The molecule has 0 aromatic heterocycles. The molecule has 2 aliphatic carbocycles. The summed E-state index contributed by atoms with van der Waals surface area (Å²) >= 11 is 0. The van der Waals surface area contributed by atoms with Crippen molar-refractivity contribution in [1.82, 2.24) is 0 Å². The minimum Gasteiger partial charge on any atom is -0.382 e. The van der Waals surface area contributed by atoms with Gasteiger partial charge in [0, 0.05) is 23.5 Å². The Hall–Kier alpha value is -1.18. The van der Waals surface area contributed by atoms with Gasteiger partial charge in [0.1, 0.15) is 0 Å². The van der Waals surface area contributed by atoms with E-state index in [0.29, 0.717) is 12.1 Å². The van der Waals surface area contributed by atoms with Gasteiger partial charge < -0.3 is 10.6 Å². The van der Waals surface area contributed by atoms with Crippen molar-refractivity contribution < 1.29 is 0 Å². The Labute approximate surface area is 212 Å². The summed E-state index contributed by atoms with van der Waals surface area (Å²) in [5.74, 6) is 0. The standard InChI is InChI=1S/C32H56N2/c1-3-5-7-9-13-19-27-25-28(20-14-10-8-6-4-2)32(34-30-23-17-12-18-24-30)26-31(27)33-29-21-15-11-16-22-29/h25-26,29-30,33-34H,3-24H2,1-2H3. The quantitative estimate of drug-likeness (QED) is 0.236. The number of rotatable bonds is 16. The monoisotopic (exact) mass is 468 g/mol. The lowest BCUT2D eigenvalue weighted by atomic mass is 9.92. The smallest absolute Gasteiger partial charge is 0.0395 e. The average molecular weight is 469 g/mol. The lowest BCUT2D eigenvalue weighted by Gasteiger charge is -2.29. The van der Waals surface area contributed by atoms with Gasteiger partial charge in [0.05, 0.1) is 0 Å². The first-order valence-electron chi connectivity index (χ1n) is 15.5. The first-order chi connectivity index (χ1) is 16.8. The highest BCUT2D eigenvalue weighted by Gasteiger charge is 2.19. The molecule has 194 valence electrons. The number of hydrogen-bond donors (Lipinski definition) is 2. The van der Waals surface area contributed by atoms with Crippen LogP contribution >= 0.6 is 0 Å². The van der Waals surface area contributed by atoms with Crippen molar-refractivity contribution in [2.24, 2.45) is 0 Å². The van der Waals surface area contributed by atoms with Gasteiger partial charge in [0.2, 0.25) is 0 Å². The molecule has 0 aliphatic heterocycles. The van der Waals surface area contributed by atoms with Crippen molar-refractivity contribution in [3.63, 3.8) is 0 Å². The third-order valence-electron chi connectivity index (χ3n) is 8.36. The zero-order valence-corrected chi connectivity index (χ0v) is 22.9. The van der Waals surface area contributed by atoms with Crippen LogP contribution in [0, 0.1) is 0 Å². The molecule has 3 rings (SSSR count). The van der Waals surface area contributed by atoms with Gasteiger partial charge in [-0.2, -0.15) is 0 Å². The minimum atomic E-state index is 0.676. The van der Waals surface area contributed by atoms with Crippen LogP contribution in [0.25, 0.3) is 0 Å². The molecule has 2 heteroatoms. The molecule has 34 heavy (non-hydrogen) atoms. The van der Waals surface area contributed by atoms with Crippen LogP contribution in [0.5, 0.6) is 0 Å². The number of anilines is 2. The van der Waals surface area contributed by atoms with Gasteiger partial charge in [-0.3, -0.25) is 0 Å². The van der Waals surface area contributed by atoms with Crippen molar-refractivity contribution in [2.75, 3.05) is 10.6 Å². The SMILES string of the molecule is CCCCCCCc1cc(CCCCCCC)c(NC2CCCCC2)cc1NC1CCCCC1. The summed E-state index contributed by atoms with van der Waals surface area (Å²) in [5, 5.41) is 8.10. The number of benzene rings is 1. The third-order valence-corrected chi connectivity index (χ3v) is 8.36. The maximum Gasteiger partial charge on any atom is 0.0395 e. The summed E-state index contributed by atoms with van der Waals surface area (Å²) in [6, 6.07) is 6.52. The predicted molar refractivity (Wildman–Crippen MR) is 152 cm³/mol. The molecular formula is C32H56N2. The van der Waals surface area contributed by atoms with Crippen LogP contribution in [0.3, 0.4) is 0 Å². The van der Waals surface area contributed by atoms with Gasteiger partial charge in [-0.15, -0.1) is 0 Å². The summed E-state index contributed by atoms with van der Waals surface area (Å²) in [6.07, 6.45) is 30.0. The predicted octanol–water partition coefficient (Wildman–Crippen LogP) is 10.2. The normalized spacial score (nSPS) is 17.7.